The van der Waals surface area contributed by atoms with Gasteiger partial charge >= 0.3 is 0 Å². The van der Waals surface area contributed by atoms with E-state index in [1.165, 1.54) is 38.2 Å². The molecule has 0 heterocycles. The van der Waals surface area contributed by atoms with Crippen molar-refractivity contribution in [3.8, 4) is 22.3 Å². The van der Waals surface area contributed by atoms with Crippen LogP contribution in [0.4, 0.5) is 0 Å². The van der Waals surface area contributed by atoms with Crippen LogP contribution < -0.4 is 0 Å². The molecule has 0 saturated heterocycles. The molecule has 5 aromatic rings. The maximum absolute atomic E-state index is 3.44. The van der Waals surface area contributed by atoms with Gasteiger partial charge in [-0.1, -0.05) is 97.1 Å². The molecule has 121 valence electrons. The number of hydrogen-bond acceptors (Lipinski definition) is 0. The van der Waals surface area contributed by atoms with Gasteiger partial charge in [-0.25, -0.2) is 0 Å². The van der Waals surface area contributed by atoms with Crippen LogP contribution in [-0.2, 0) is 0 Å². The molecule has 0 saturated carbocycles. The molecule has 0 aliphatic heterocycles. The summed E-state index contributed by atoms with van der Waals surface area (Å²) < 4.78 is 0. The summed E-state index contributed by atoms with van der Waals surface area (Å²) in [5.74, 6) is 0. The van der Waals surface area contributed by atoms with Crippen LogP contribution in [0, 0.1) is 6.07 Å². The molecule has 0 atom stereocenters. The molecule has 0 aromatic heterocycles. The van der Waals surface area contributed by atoms with Crippen molar-refractivity contribution in [3.05, 3.63) is 109 Å². The summed E-state index contributed by atoms with van der Waals surface area (Å²) in [4.78, 5) is 0. The Bertz CT molecular complexity index is 1130. The van der Waals surface area contributed by atoms with Crippen molar-refractivity contribution < 1.29 is 0 Å². The fourth-order valence-electron chi connectivity index (χ4n) is 3.73. The van der Waals surface area contributed by atoms with Gasteiger partial charge in [-0.15, -0.1) is 0 Å². The first-order valence-corrected chi connectivity index (χ1v) is 8.88. The Morgan fingerprint density at radius 2 is 1.08 bits per heavy atom. The topological polar surface area (TPSA) is 0 Å². The smallest absolute Gasteiger partial charge is 0.00928 e. The summed E-state index contributed by atoms with van der Waals surface area (Å²) in [5.41, 5.74) is 4.85. The van der Waals surface area contributed by atoms with E-state index in [4.69, 9.17) is 0 Å². The quantitative estimate of drug-likeness (QED) is 0.323. The normalized spacial score (nSPS) is 11.1. The summed E-state index contributed by atoms with van der Waals surface area (Å²) in [6.45, 7) is 0. The molecule has 5 rings (SSSR count). The van der Waals surface area contributed by atoms with Crippen LogP contribution in [0.1, 0.15) is 0 Å². The van der Waals surface area contributed by atoms with E-state index in [1.807, 2.05) is 6.07 Å². The van der Waals surface area contributed by atoms with Gasteiger partial charge in [-0.05, 0) is 55.9 Å². The highest BCUT2D eigenvalue weighted by Gasteiger charge is 2.07. The van der Waals surface area contributed by atoms with E-state index >= 15 is 0 Å². The molecule has 0 aliphatic rings. The SMILES string of the molecule is [c]1ccc(-c2cccc3ccccc23)cc1-c1cccc2ccccc12. The molecular weight excluding hydrogens is 312 g/mol. The summed E-state index contributed by atoms with van der Waals surface area (Å²) in [7, 11) is 0. The van der Waals surface area contributed by atoms with E-state index in [0.29, 0.717) is 0 Å². The third-order valence-electron chi connectivity index (χ3n) is 4.98. The Balaban J connectivity index is 1.72. The molecule has 0 bridgehead atoms. The minimum absolute atomic E-state index is 1.13. The Labute approximate surface area is 153 Å². The second-order valence-electron chi connectivity index (χ2n) is 6.54. The fraction of sp³-hybridized carbons (Fsp3) is 0. The summed E-state index contributed by atoms with van der Waals surface area (Å²) in [6, 6.07) is 39.9. The van der Waals surface area contributed by atoms with Crippen molar-refractivity contribution in [2.24, 2.45) is 0 Å². The van der Waals surface area contributed by atoms with Gasteiger partial charge in [0, 0.05) is 0 Å². The standard InChI is InChI=1S/C26H17/c1-3-14-23-19(8-1)10-6-16-25(23)21-12-5-13-22(18-21)26-17-7-11-20-9-2-4-15-24(20)26/h1-12,14-18H. The van der Waals surface area contributed by atoms with Gasteiger partial charge in [0.15, 0.2) is 0 Å². The van der Waals surface area contributed by atoms with Gasteiger partial charge in [0.25, 0.3) is 0 Å². The first-order chi connectivity index (χ1) is 12.9. The lowest BCUT2D eigenvalue weighted by atomic mass is 9.93. The van der Waals surface area contributed by atoms with E-state index in [1.54, 1.807) is 0 Å². The van der Waals surface area contributed by atoms with Crippen LogP contribution in [-0.4, -0.2) is 0 Å². The molecule has 0 spiro atoms. The Morgan fingerprint density at radius 3 is 1.81 bits per heavy atom. The Hall–Kier alpha value is -3.38. The van der Waals surface area contributed by atoms with Crippen molar-refractivity contribution in [1.29, 1.82) is 0 Å². The van der Waals surface area contributed by atoms with Crippen LogP contribution >= 0.6 is 0 Å². The molecule has 0 heteroatoms. The largest absolute Gasteiger partial charge is 0.0616 e. The van der Waals surface area contributed by atoms with Gasteiger partial charge in [0.05, 0.1) is 0 Å². The molecule has 0 aliphatic carbocycles. The molecule has 0 nitrogen and oxygen atoms in total. The van der Waals surface area contributed by atoms with E-state index in [0.717, 1.165) is 5.56 Å². The lowest BCUT2D eigenvalue weighted by Gasteiger charge is -2.10. The Morgan fingerprint density at radius 1 is 0.500 bits per heavy atom. The number of hydrogen-bond donors (Lipinski definition) is 0. The third-order valence-corrected chi connectivity index (χ3v) is 4.98. The van der Waals surface area contributed by atoms with Gasteiger partial charge in [-0.2, -0.15) is 0 Å². The average molecular weight is 329 g/mol. The van der Waals surface area contributed by atoms with Gasteiger partial charge < -0.3 is 0 Å². The minimum Gasteiger partial charge on any atom is -0.0616 e. The van der Waals surface area contributed by atoms with Gasteiger partial charge in [0.2, 0.25) is 0 Å². The van der Waals surface area contributed by atoms with Crippen LogP contribution in [0.2, 0.25) is 0 Å². The predicted molar refractivity (Wildman–Crippen MR) is 111 cm³/mol. The maximum Gasteiger partial charge on any atom is -0.00928 e. The van der Waals surface area contributed by atoms with Crippen LogP contribution in [0.3, 0.4) is 0 Å². The zero-order valence-corrected chi connectivity index (χ0v) is 14.3. The summed E-state index contributed by atoms with van der Waals surface area (Å²) in [5, 5.41) is 5.07. The molecule has 0 N–H and O–H groups in total. The minimum atomic E-state index is 1.13. The molecular formula is C26H17. The summed E-state index contributed by atoms with van der Waals surface area (Å²) >= 11 is 0. The van der Waals surface area contributed by atoms with Crippen LogP contribution in [0.25, 0.3) is 43.8 Å². The number of fused-ring (bicyclic) bond motifs is 2. The average Bonchev–Trinajstić information content (AvgIpc) is 2.73. The first-order valence-electron chi connectivity index (χ1n) is 8.88. The molecule has 26 heavy (non-hydrogen) atoms. The van der Waals surface area contributed by atoms with Crippen molar-refractivity contribution >= 4 is 21.5 Å². The fourth-order valence-corrected chi connectivity index (χ4v) is 3.73. The van der Waals surface area contributed by atoms with Crippen molar-refractivity contribution in [3.63, 3.8) is 0 Å². The molecule has 5 aromatic carbocycles. The van der Waals surface area contributed by atoms with Crippen molar-refractivity contribution in [2.45, 2.75) is 0 Å². The van der Waals surface area contributed by atoms with Crippen molar-refractivity contribution in [2.75, 3.05) is 0 Å². The lowest BCUT2D eigenvalue weighted by molar-refractivity contribution is 1.61. The highest BCUT2D eigenvalue weighted by Crippen LogP contribution is 2.33. The molecule has 0 fully saturated rings. The highest BCUT2D eigenvalue weighted by molar-refractivity contribution is 5.99. The third kappa shape index (κ3) is 2.48. The highest BCUT2D eigenvalue weighted by atomic mass is 14.1. The van der Waals surface area contributed by atoms with E-state index in [2.05, 4.69) is 103 Å². The number of benzene rings is 5. The van der Waals surface area contributed by atoms with Gasteiger partial charge in [-0.3, -0.25) is 0 Å². The molecule has 0 amide bonds. The zero-order valence-electron chi connectivity index (χ0n) is 14.3. The van der Waals surface area contributed by atoms with Crippen LogP contribution in [0.5, 0.6) is 0 Å². The van der Waals surface area contributed by atoms with E-state index < -0.39 is 0 Å². The zero-order chi connectivity index (χ0) is 17.3. The first kappa shape index (κ1) is 14.9. The lowest BCUT2D eigenvalue weighted by Crippen LogP contribution is -1.85. The molecule has 1 radical (unpaired) electrons. The Kier molecular flexibility index (Phi) is 3.54. The second-order valence-corrected chi connectivity index (χ2v) is 6.54. The molecule has 0 unspecified atom stereocenters. The van der Waals surface area contributed by atoms with Crippen molar-refractivity contribution in [1.82, 2.24) is 0 Å². The monoisotopic (exact) mass is 329 g/mol. The van der Waals surface area contributed by atoms with E-state index in [-0.39, 0.29) is 0 Å². The predicted octanol–water partition coefficient (Wildman–Crippen LogP) is 7.13. The second kappa shape index (κ2) is 6.16. The number of rotatable bonds is 2. The summed E-state index contributed by atoms with van der Waals surface area (Å²) in [6.07, 6.45) is 0. The maximum atomic E-state index is 3.44. The van der Waals surface area contributed by atoms with Gasteiger partial charge in [0.1, 0.15) is 0 Å². The van der Waals surface area contributed by atoms with E-state index in [9.17, 15) is 0 Å². The van der Waals surface area contributed by atoms with Crippen LogP contribution in [0.15, 0.2) is 103 Å².